The molecule has 2 saturated heterocycles. The highest BCUT2D eigenvalue weighted by Gasteiger charge is 2.50. The van der Waals surface area contributed by atoms with Crippen LogP contribution in [0.2, 0.25) is 0 Å². The van der Waals surface area contributed by atoms with Crippen LogP contribution in [-0.4, -0.2) is 44.2 Å². The second kappa shape index (κ2) is 11.1. The van der Waals surface area contributed by atoms with E-state index in [1.54, 1.807) is 0 Å². The predicted molar refractivity (Wildman–Crippen MR) is 115 cm³/mol. The standard InChI is InChI=1S/C25H32O6/c1-3-28-30-22-16-26-25-23(17-27-24(22)25)31-29-14-4-5-19-10-12-21(13-11-19)15-20-8-6-18(2)7-9-20/h1,4-5,10-13,18,20,22-25H,6-9,14-17H2,2H3/b5-4+/t18?,20?,22-,23+,24-,25-/m1/s1. The fraction of sp³-hybridized carbons (Fsp3) is 0.600. The Labute approximate surface area is 184 Å². The molecule has 0 amide bonds. The van der Waals surface area contributed by atoms with Crippen LogP contribution in [0, 0.1) is 24.4 Å². The van der Waals surface area contributed by atoms with Crippen molar-refractivity contribution in [1.29, 1.82) is 0 Å². The van der Waals surface area contributed by atoms with Crippen LogP contribution in [0.3, 0.4) is 0 Å². The molecule has 1 aliphatic carbocycles. The number of rotatable bonds is 9. The largest absolute Gasteiger partial charge is 0.369 e. The van der Waals surface area contributed by atoms with Crippen LogP contribution in [0.5, 0.6) is 0 Å². The summed E-state index contributed by atoms with van der Waals surface area (Å²) in [7, 11) is 0. The Morgan fingerprint density at radius 2 is 1.68 bits per heavy atom. The van der Waals surface area contributed by atoms with Gasteiger partial charge in [-0.2, -0.15) is 4.89 Å². The van der Waals surface area contributed by atoms with E-state index in [2.05, 4.69) is 36.1 Å². The van der Waals surface area contributed by atoms with E-state index in [0.717, 1.165) is 17.4 Å². The van der Waals surface area contributed by atoms with Crippen LogP contribution in [-0.2, 0) is 35.4 Å². The molecular formula is C25H32O6. The summed E-state index contributed by atoms with van der Waals surface area (Å²) in [6, 6.07) is 8.81. The average Bonchev–Trinajstić information content (AvgIpc) is 3.37. The summed E-state index contributed by atoms with van der Waals surface area (Å²) in [6.07, 6.45) is 16.5. The van der Waals surface area contributed by atoms with Gasteiger partial charge in [-0.1, -0.05) is 62.6 Å². The van der Waals surface area contributed by atoms with Gasteiger partial charge in [-0.3, -0.25) is 4.89 Å². The lowest BCUT2D eigenvalue weighted by atomic mass is 9.80. The molecule has 1 saturated carbocycles. The minimum Gasteiger partial charge on any atom is -0.369 e. The van der Waals surface area contributed by atoms with Crippen molar-refractivity contribution in [3.63, 3.8) is 0 Å². The van der Waals surface area contributed by atoms with Crippen LogP contribution in [0.25, 0.3) is 6.08 Å². The number of hydrogen-bond acceptors (Lipinski definition) is 6. The minimum absolute atomic E-state index is 0.254. The topological polar surface area (TPSA) is 55.4 Å². The molecular weight excluding hydrogens is 396 g/mol. The first-order valence-corrected chi connectivity index (χ1v) is 11.3. The van der Waals surface area contributed by atoms with Crippen molar-refractivity contribution in [3.8, 4) is 12.5 Å². The first-order valence-electron chi connectivity index (χ1n) is 11.3. The first kappa shape index (κ1) is 22.3. The van der Waals surface area contributed by atoms with Crippen molar-refractivity contribution < 1.29 is 29.0 Å². The number of ether oxygens (including phenoxy) is 2. The summed E-state index contributed by atoms with van der Waals surface area (Å²) in [5, 5.41) is 0. The minimum atomic E-state index is -0.362. The summed E-state index contributed by atoms with van der Waals surface area (Å²) in [6.45, 7) is 3.42. The molecule has 1 aromatic carbocycles. The van der Waals surface area contributed by atoms with Crippen molar-refractivity contribution in [3.05, 3.63) is 41.5 Å². The Kier molecular flexibility index (Phi) is 8.01. The molecule has 6 heteroatoms. The third-order valence-corrected chi connectivity index (χ3v) is 6.49. The molecule has 168 valence electrons. The predicted octanol–water partition coefficient (Wildman–Crippen LogP) is 4.09. The Bertz CT molecular complexity index is 746. The van der Waals surface area contributed by atoms with E-state index in [1.165, 1.54) is 37.7 Å². The Hall–Kier alpha value is -1.88. The normalized spacial score (nSPS) is 32.8. The van der Waals surface area contributed by atoms with E-state index in [-0.39, 0.29) is 24.4 Å². The lowest BCUT2D eigenvalue weighted by molar-refractivity contribution is -0.327. The second-order valence-corrected chi connectivity index (χ2v) is 8.82. The number of hydrogen-bond donors (Lipinski definition) is 0. The molecule has 31 heavy (non-hydrogen) atoms. The third kappa shape index (κ3) is 6.09. The quantitative estimate of drug-likeness (QED) is 0.256. The Morgan fingerprint density at radius 1 is 1.00 bits per heavy atom. The molecule has 0 spiro atoms. The lowest BCUT2D eigenvalue weighted by Gasteiger charge is -2.26. The van der Waals surface area contributed by atoms with Gasteiger partial charge in [0.2, 0.25) is 0 Å². The van der Waals surface area contributed by atoms with Gasteiger partial charge in [-0.25, -0.2) is 9.78 Å². The maximum atomic E-state index is 5.67. The van der Waals surface area contributed by atoms with E-state index >= 15 is 0 Å². The molecule has 2 heterocycles. The number of fused-ring (bicyclic) bond motifs is 1. The summed E-state index contributed by atoms with van der Waals surface area (Å²) < 4.78 is 11.3. The zero-order valence-corrected chi connectivity index (χ0v) is 18.1. The fourth-order valence-corrected chi connectivity index (χ4v) is 4.67. The highest BCUT2D eigenvalue weighted by molar-refractivity contribution is 5.49. The van der Waals surface area contributed by atoms with Gasteiger partial charge in [0.15, 0.2) is 12.2 Å². The van der Waals surface area contributed by atoms with Crippen molar-refractivity contribution >= 4 is 6.08 Å². The van der Waals surface area contributed by atoms with Gasteiger partial charge in [0, 0.05) is 0 Å². The molecule has 0 unspecified atom stereocenters. The van der Waals surface area contributed by atoms with E-state index < -0.39 is 0 Å². The molecule has 0 bridgehead atoms. The van der Waals surface area contributed by atoms with Crippen LogP contribution in [0.1, 0.15) is 43.7 Å². The zero-order valence-electron chi connectivity index (χ0n) is 18.1. The fourth-order valence-electron chi connectivity index (χ4n) is 4.67. The van der Waals surface area contributed by atoms with Gasteiger partial charge in [0.05, 0.1) is 13.2 Å². The monoisotopic (exact) mass is 428 g/mol. The van der Waals surface area contributed by atoms with Crippen molar-refractivity contribution in [2.75, 3.05) is 19.8 Å². The smallest absolute Gasteiger partial charge is 0.157 e. The van der Waals surface area contributed by atoms with Gasteiger partial charge < -0.3 is 9.47 Å². The van der Waals surface area contributed by atoms with Crippen molar-refractivity contribution in [2.24, 2.45) is 11.8 Å². The van der Waals surface area contributed by atoms with Crippen molar-refractivity contribution in [1.82, 2.24) is 0 Å². The highest BCUT2D eigenvalue weighted by Crippen LogP contribution is 2.31. The molecule has 4 rings (SSSR count). The lowest BCUT2D eigenvalue weighted by Crippen LogP contribution is -2.34. The van der Waals surface area contributed by atoms with Gasteiger partial charge in [-0.05, 0) is 42.2 Å². The highest BCUT2D eigenvalue weighted by atomic mass is 17.2. The number of benzene rings is 1. The van der Waals surface area contributed by atoms with Gasteiger partial charge >= 0.3 is 0 Å². The maximum absolute atomic E-state index is 5.67. The van der Waals surface area contributed by atoms with E-state index in [4.69, 9.17) is 30.6 Å². The summed E-state index contributed by atoms with van der Waals surface area (Å²) >= 11 is 0. The SMILES string of the molecule is C#COO[C@@H]1CO[C@H]2[C@@H]1OC[C@@H]2OOC/C=C/c1ccc(CC2CCC(C)CC2)cc1. The summed E-state index contributed by atoms with van der Waals surface area (Å²) in [5.74, 6) is 1.75. The molecule has 3 aliphatic rings. The molecule has 0 N–H and O–H groups in total. The van der Waals surface area contributed by atoms with Gasteiger partial charge in [-0.15, -0.1) is 0 Å². The second-order valence-electron chi connectivity index (χ2n) is 8.82. The third-order valence-electron chi connectivity index (χ3n) is 6.49. The Balaban J connectivity index is 1.14. The summed E-state index contributed by atoms with van der Waals surface area (Å²) in [4.78, 5) is 20.4. The van der Waals surface area contributed by atoms with E-state index in [1.807, 2.05) is 18.3 Å². The van der Waals surface area contributed by atoms with Gasteiger partial charge in [0.25, 0.3) is 0 Å². The van der Waals surface area contributed by atoms with Crippen LogP contribution < -0.4 is 0 Å². The molecule has 2 aliphatic heterocycles. The van der Waals surface area contributed by atoms with Crippen LogP contribution >= 0.6 is 0 Å². The first-order chi connectivity index (χ1) is 15.2. The molecule has 4 atom stereocenters. The molecule has 6 nitrogen and oxygen atoms in total. The molecule has 3 fully saturated rings. The molecule has 1 aromatic rings. The van der Waals surface area contributed by atoms with Crippen LogP contribution in [0.4, 0.5) is 0 Å². The summed E-state index contributed by atoms with van der Waals surface area (Å²) in [5.41, 5.74) is 2.58. The zero-order chi connectivity index (χ0) is 21.5. The van der Waals surface area contributed by atoms with Crippen molar-refractivity contribution in [2.45, 2.75) is 63.4 Å². The average molecular weight is 429 g/mol. The van der Waals surface area contributed by atoms with E-state index in [0.29, 0.717) is 19.8 Å². The number of terminal acetylenes is 1. The van der Waals surface area contributed by atoms with E-state index in [9.17, 15) is 0 Å². The Morgan fingerprint density at radius 3 is 2.35 bits per heavy atom. The van der Waals surface area contributed by atoms with Crippen LogP contribution in [0.15, 0.2) is 30.3 Å². The molecule has 0 radical (unpaired) electrons. The molecule has 0 aromatic heterocycles. The maximum Gasteiger partial charge on any atom is 0.157 e. The van der Waals surface area contributed by atoms with Gasteiger partial charge in [0.1, 0.15) is 24.9 Å².